The summed E-state index contributed by atoms with van der Waals surface area (Å²) < 4.78 is 5.15. The SMILES string of the molecule is O=C(NCC(=O)N1CCOCC1)Nc1cncc(Cl)c1. The van der Waals surface area contributed by atoms with Crippen molar-refractivity contribution < 1.29 is 14.3 Å². The van der Waals surface area contributed by atoms with Gasteiger partial charge in [-0.3, -0.25) is 9.78 Å². The molecular weight excluding hydrogens is 284 g/mol. The Morgan fingerprint density at radius 3 is 2.80 bits per heavy atom. The molecule has 7 nitrogen and oxygen atoms in total. The zero-order valence-electron chi connectivity index (χ0n) is 10.8. The minimum absolute atomic E-state index is 0.0557. The second-order valence-electron chi connectivity index (χ2n) is 4.19. The zero-order chi connectivity index (χ0) is 14.4. The quantitative estimate of drug-likeness (QED) is 0.861. The van der Waals surface area contributed by atoms with Crippen LogP contribution in [0.25, 0.3) is 0 Å². The van der Waals surface area contributed by atoms with Crippen LogP contribution in [0.3, 0.4) is 0 Å². The van der Waals surface area contributed by atoms with Gasteiger partial charge in [0.05, 0.1) is 36.7 Å². The summed E-state index contributed by atoms with van der Waals surface area (Å²) >= 11 is 5.75. The Labute approximate surface area is 121 Å². The van der Waals surface area contributed by atoms with Crippen molar-refractivity contribution in [1.82, 2.24) is 15.2 Å². The molecule has 20 heavy (non-hydrogen) atoms. The summed E-state index contributed by atoms with van der Waals surface area (Å²) in [6, 6.07) is 1.09. The van der Waals surface area contributed by atoms with Gasteiger partial charge in [0.1, 0.15) is 0 Å². The number of aromatic nitrogens is 1. The lowest BCUT2D eigenvalue weighted by Crippen LogP contribution is -2.46. The van der Waals surface area contributed by atoms with Crippen LogP contribution < -0.4 is 10.6 Å². The topological polar surface area (TPSA) is 83.6 Å². The number of carbonyl (C=O) groups excluding carboxylic acids is 2. The molecule has 0 unspecified atom stereocenters. The lowest BCUT2D eigenvalue weighted by Gasteiger charge is -2.26. The summed E-state index contributed by atoms with van der Waals surface area (Å²) in [5.74, 6) is -0.132. The van der Waals surface area contributed by atoms with Gasteiger partial charge >= 0.3 is 6.03 Å². The van der Waals surface area contributed by atoms with Crippen molar-refractivity contribution in [3.63, 3.8) is 0 Å². The first-order valence-electron chi connectivity index (χ1n) is 6.16. The number of urea groups is 1. The van der Waals surface area contributed by atoms with Crippen LogP contribution in [0, 0.1) is 0 Å². The number of nitrogens with zero attached hydrogens (tertiary/aromatic N) is 2. The Kier molecular flexibility index (Phi) is 5.14. The summed E-state index contributed by atoms with van der Waals surface area (Å²) in [4.78, 5) is 28.9. The van der Waals surface area contributed by atoms with Crippen LogP contribution in [0.2, 0.25) is 5.02 Å². The Hall–Kier alpha value is -1.86. The van der Waals surface area contributed by atoms with Crippen LogP contribution in [0.4, 0.5) is 10.5 Å². The number of amides is 3. The monoisotopic (exact) mass is 298 g/mol. The third kappa shape index (κ3) is 4.36. The van der Waals surface area contributed by atoms with E-state index in [0.29, 0.717) is 37.0 Å². The average molecular weight is 299 g/mol. The van der Waals surface area contributed by atoms with Crippen molar-refractivity contribution in [1.29, 1.82) is 0 Å². The maximum atomic E-state index is 11.8. The molecule has 2 N–H and O–H groups in total. The molecule has 0 saturated carbocycles. The Balaban J connectivity index is 1.75. The van der Waals surface area contributed by atoms with Gasteiger partial charge in [0, 0.05) is 19.3 Å². The number of halogens is 1. The molecule has 1 saturated heterocycles. The van der Waals surface area contributed by atoms with Crippen LogP contribution in [0.15, 0.2) is 18.5 Å². The third-order valence-corrected chi connectivity index (χ3v) is 2.93. The van der Waals surface area contributed by atoms with E-state index in [2.05, 4.69) is 15.6 Å². The van der Waals surface area contributed by atoms with Gasteiger partial charge in [-0.2, -0.15) is 0 Å². The molecule has 1 aliphatic rings. The fourth-order valence-electron chi connectivity index (χ4n) is 1.74. The van der Waals surface area contributed by atoms with Crippen LogP contribution in [-0.2, 0) is 9.53 Å². The summed E-state index contributed by atoms with van der Waals surface area (Å²) in [7, 11) is 0. The highest BCUT2D eigenvalue weighted by molar-refractivity contribution is 6.30. The fourth-order valence-corrected chi connectivity index (χ4v) is 1.91. The first-order valence-corrected chi connectivity index (χ1v) is 6.54. The highest BCUT2D eigenvalue weighted by atomic mass is 35.5. The lowest BCUT2D eigenvalue weighted by molar-refractivity contribution is -0.134. The molecule has 0 atom stereocenters. The summed E-state index contributed by atoms with van der Waals surface area (Å²) in [5.41, 5.74) is 0.467. The predicted molar refractivity (Wildman–Crippen MR) is 73.7 cm³/mol. The summed E-state index contributed by atoms with van der Waals surface area (Å²) in [6.07, 6.45) is 2.93. The molecule has 1 aliphatic heterocycles. The smallest absolute Gasteiger partial charge is 0.319 e. The van der Waals surface area contributed by atoms with Crippen molar-refractivity contribution >= 4 is 29.2 Å². The number of carbonyl (C=O) groups is 2. The third-order valence-electron chi connectivity index (χ3n) is 2.73. The number of ether oxygens (including phenoxy) is 1. The van der Waals surface area contributed by atoms with Gasteiger partial charge in [-0.1, -0.05) is 11.6 Å². The molecule has 0 bridgehead atoms. The first kappa shape index (κ1) is 14.5. The van der Waals surface area contributed by atoms with Gasteiger partial charge in [0.25, 0.3) is 0 Å². The standard InChI is InChI=1S/C12H15ClN4O3/c13-9-5-10(7-14-6-9)16-12(19)15-8-11(18)17-1-3-20-4-2-17/h5-7H,1-4,8H2,(H2,15,16,19). The maximum absolute atomic E-state index is 11.8. The van der Waals surface area contributed by atoms with E-state index in [1.807, 2.05) is 0 Å². The number of morpholine rings is 1. The van der Waals surface area contributed by atoms with Gasteiger partial charge in [-0.25, -0.2) is 4.79 Å². The highest BCUT2D eigenvalue weighted by Crippen LogP contribution is 2.12. The second-order valence-corrected chi connectivity index (χ2v) is 4.63. The van der Waals surface area contributed by atoms with E-state index in [0.717, 1.165) is 0 Å². The van der Waals surface area contributed by atoms with Crippen LogP contribution in [0.1, 0.15) is 0 Å². The van der Waals surface area contributed by atoms with E-state index in [-0.39, 0.29) is 12.5 Å². The van der Waals surface area contributed by atoms with Gasteiger partial charge in [-0.05, 0) is 6.07 Å². The van der Waals surface area contributed by atoms with Crippen LogP contribution >= 0.6 is 11.6 Å². The normalized spacial score (nSPS) is 14.8. The molecule has 2 heterocycles. The minimum Gasteiger partial charge on any atom is -0.378 e. The Morgan fingerprint density at radius 1 is 1.35 bits per heavy atom. The highest BCUT2D eigenvalue weighted by Gasteiger charge is 2.17. The Bertz CT molecular complexity index is 491. The maximum Gasteiger partial charge on any atom is 0.319 e. The molecule has 1 aromatic rings. The summed E-state index contributed by atoms with van der Waals surface area (Å²) in [5, 5.41) is 5.47. The van der Waals surface area contributed by atoms with Crippen molar-refractivity contribution in [3.05, 3.63) is 23.5 Å². The number of hydrogen-bond acceptors (Lipinski definition) is 4. The number of nitrogens with one attached hydrogen (secondary N) is 2. The molecule has 1 fully saturated rings. The Morgan fingerprint density at radius 2 is 2.10 bits per heavy atom. The van der Waals surface area contributed by atoms with E-state index < -0.39 is 6.03 Å². The van der Waals surface area contributed by atoms with E-state index in [1.165, 1.54) is 12.4 Å². The number of pyridine rings is 1. The number of rotatable bonds is 3. The van der Waals surface area contributed by atoms with Gasteiger partial charge < -0.3 is 20.3 Å². The molecular formula is C12H15ClN4O3. The second kappa shape index (κ2) is 7.06. The van der Waals surface area contributed by atoms with Crippen LogP contribution in [-0.4, -0.2) is 54.7 Å². The summed E-state index contributed by atoms with van der Waals surface area (Å²) in [6.45, 7) is 2.12. The zero-order valence-corrected chi connectivity index (χ0v) is 11.5. The molecule has 0 radical (unpaired) electrons. The van der Waals surface area contributed by atoms with E-state index in [9.17, 15) is 9.59 Å². The van der Waals surface area contributed by atoms with E-state index >= 15 is 0 Å². The van der Waals surface area contributed by atoms with E-state index in [4.69, 9.17) is 16.3 Å². The molecule has 8 heteroatoms. The molecule has 2 rings (SSSR count). The predicted octanol–water partition coefficient (Wildman–Crippen LogP) is 0.715. The average Bonchev–Trinajstić information content (AvgIpc) is 2.46. The van der Waals surface area contributed by atoms with Gasteiger partial charge in [0.2, 0.25) is 5.91 Å². The molecule has 0 spiro atoms. The number of anilines is 1. The number of hydrogen-bond donors (Lipinski definition) is 2. The van der Waals surface area contributed by atoms with Crippen molar-refractivity contribution in [2.75, 3.05) is 38.2 Å². The minimum atomic E-state index is -0.476. The largest absolute Gasteiger partial charge is 0.378 e. The first-order chi connectivity index (χ1) is 9.65. The van der Waals surface area contributed by atoms with Gasteiger partial charge in [-0.15, -0.1) is 0 Å². The molecule has 108 valence electrons. The van der Waals surface area contributed by atoms with Crippen molar-refractivity contribution in [3.8, 4) is 0 Å². The fraction of sp³-hybridized carbons (Fsp3) is 0.417. The van der Waals surface area contributed by atoms with E-state index in [1.54, 1.807) is 11.0 Å². The molecule has 1 aromatic heterocycles. The molecule has 0 aliphatic carbocycles. The lowest BCUT2D eigenvalue weighted by atomic mass is 10.4. The van der Waals surface area contributed by atoms with Crippen molar-refractivity contribution in [2.24, 2.45) is 0 Å². The van der Waals surface area contributed by atoms with Gasteiger partial charge in [0.15, 0.2) is 0 Å². The molecule has 0 aromatic carbocycles. The van der Waals surface area contributed by atoms with Crippen molar-refractivity contribution in [2.45, 2.75) is 0 Å². The van der Waals surface area contributed by atoms with Crippen LogP contribution in [0.5, 0.6) is 0 Å². The molecule has 3 amide bonds.